The number of hydrogen-bond donors (Lipinski definition) is 1. The van der Waals surface area contributed by atoms with Crippen molar-refractivity contribution in [2.45, 2.75) is 27.3 Å². The molecule has 0 aliphatic rings. The summed E-state index contributed by atoms with van der Waals surface area (Å²) < 4.78 is 8.65. The average molecular weight is 454 g/mol. The van der Waals surface area contributed by atoms with Crippen LogP contribution in [0.5, 0.6) is 11.6 Å². The molecule has 5 rings (SSSR count). The van der Waals surface area contributed by atoms with Crippen LogP contribution in [0.25, 0.3) is 16.7 Å². The lowest BCUT2D eigenvalue weighted by molar-refractivity contribution is -0.117. The van der Waals surface area contributed by atoms with Gasteiger partial charge in [-0.05, 0) is 55.7 Å². The fraction of sp³-hybridized carbons (Fsp3) is 0.154. The van der Waals surface area contributed by atoms with E-state index < -0.39 is 5.69 Å². The first-order chi connectivity index (χ1) is 16.4. The number of nitrogens with one attached hydrogen (secondary N) is 1. The maximum Gasteiger partial charge on any atom is 0.351 e. The van der Waals surface area contributed by atoms with Crippen molar-refractivity contribution in [2.24, 2.45) is 0 Å². The SMILES string of the molecule is Cc1ccccc1Oc1nc2ccccc2n2c(=O)n(CC(=O)Nc3c(C)cccc3C)nc12. The van der Waals surface area contributed by atoms with Crippen LogP contribution in [0.4, 0.5) is 5.69 Å². The summed E-state index contributed by atoms with van der Waals surface area (Å²) in [5.41, 5.74) is 4.51. The van der Waals surface area contributed by atoms with Crippen molar-refractivity contribution in [3.63, 3.8) is 0 Å². The Morgan fingerprint density at radius 1 is 0.912 bits per heavy atom. The fourth-order valence-electron chi connectivity index (χ4n) is 3.94. The van der Waals surface area contributed by atoms with Gasteiger partial charge < -0.3 is 10.1 Å². The molecule has 8 heteroatoms. The van der Waals surface area contributed by atoms with Crippen molar-refractivity contribution < 1.29 is 9.53 Å². The number of aromatic nitrogens is 4. The van der Waals surface area contributed by atoms with Gasteiger partial charge in [-0.3, -0.25) is 4.79 Å². The third-order valence-corrected chi connectivity index (χ3v) is 5.71. The molecule has 0 saturated carbocycles. The van der Waals surface area contributed by atoms with Gasteiger partial charge >= 0.3 is 5.69 Å². The van der Waals surface area contributed by atoms with Crippen molar-refractivity contribution >= 4 is 28.3 Å². The molecule has 0 spiro atoms. The molecule has 1 amide bonds. The van der Waals surface area contributed by atoms with Gasteiger partial charge in [0.1, 0.15) is 12.3 Å². The number of fused-ring (bicyclic) bond motifs is 3. The van der Waals surface area contributed by atoms with Crippen LogP contribution >= 0.6 is 0 Å². The second-order valence-corrected chi connectivity index (χ2v) is 8.19. The van der Waals surface area contributed by atoms with Crippen molar-refractivity contribution in [1.82, 2.24) is 19.2 Å². The molecular formula is C26H23N5O3. The standard InChI is InChI=1S/C26H23N5O3/c1-16-9-4-7-14-21(16)34-25-24-29-30(15-22(32)28-23-17(2)10-8-11-18(23)3)26(33)31(24)20-13-6-5-12-19(20)27-25/h4-14H,15H2,1-3H3,(H,28,32). The number of nitrogens with zero attached hydrogens (tertiary/aromatic N) is 4. The van der Waals surface area contributed by atoms with E-state index in [9.17, 15) is 9.59 Å². The second-order valence-electron chi connectivity index (χ2n) is 8.19. The van der Waals surface area contributed by atoms with Gasteiger partial charge in [0.2, 0.25) is 11.6 Å². The first-order valence-corrected chi connectivity index (χ1v) is 10.9. The van der Waals surface area contributed by atoms with Gasteiger partial charge in [-0.1, -0.05) is 48.5 Å². The highest BCUT2D eigenvalue weighted by Gasteiger charge is 2.20. The molecule has 0 aliphatic heterocycles. The third kappa shape index (κ3) is 3.79. The molecule has 0 bridgehead atoms. The zero-order valence-electron chi connectivity index (χ0n) is 19.1. The number of aryl methyl sites for hydroxylation is 3. The Labute approximate surface area is 195 Å². The first-order valence-electron chi connectivity index (χ1n) is 10.9. The van der Waals surface area contributed by atoms with Gasteiger partial charge in [-0.15, -0.1) is 5.10 Å². The quantitative estimate of drug-likeness (QED) is 0.426. The molecule has 0 atom stereocenters. The van der Waals surface area contributed by atoms with Crippen molar-refractivity contribution in [3.8, 4) is 11.6 Å². The maximum atomic E-state index is 13.3. The summed E-state index contributed by atoms with van der Waals surface area (Å²) in [5, 5.41) is 7.34. The molecular weight excluding hydrogens is 430 g/mol. The molecule has 0 fully saturated rings. The molecule has 170 valence electrons. The number of carbonyl (C=O) groups excluding carboxylic acids is 1. The van der Waals surface area contributed by atoms with Crippen LogP contribution in [0.2, 0.25) is 0 Å². The fourth-order valence-corrected chi connectivity index (χ4v) is 3.94. The lowest BCUT2D eigenvalue weighted by Crippen LogP contribution is -2.28. The summed E-state index contributed by atoms with van der Waals surface area (Å²) in [5.74, 6) is 0.461. The van der Waals surface area contributed by atoms with E-state index in [-0.39, 0.29) is 24.0 Å². The van der Waals surface area contributed by atoms with Crippen LogP contribution in [0.15, 0.2) is 71.5 Å². The van der Waals surface area contributed by atoms with E-state index in [4.69, 9.17) is 4.74 Å². The molecule has 3 aromatic carbocycles. The molecule has 0 saturated heterocycles. The van der Waals surface area contributed by atoms with Gasteiger partial charge in [0.15, 0.2) is 0 Å². The molecule has 0 aliphatic carbocycles. The van der Waals surface area contributed by atoms with Gasteiger partial charge in [0.05, 0.1) is 11.0 Å². The number of hydrogen-bond acceptors (Lipinski definition) is 5. The van der Waals surface area contributed by atoms with Gasteiger partial charge in [0.25, 0.3) is 5.88 Å². The number of anilines is 1. The van der Waals surface area contributed by atoms with Crippen LogP contribution in [-0.2, 0) is 11.3 Å². The number of ether oxygens (including phenoxy) is 1. The Morgan fingerprint density at radius 2 is 1.59 bits per heavy atom. The maximum absolute atomic E-state index is 13.3. The molecule has 0 radical (unpaired) electrons. The summed E-state index contributed by atoms with van der Waals surface area (Å²) >= 11 is 0. The minimum atomic E-state index is -0.445. The molecule has 5 aromatic rings. The van der Waals surface area contributed by atoms with Gasteiger partial charge in [0, 0.05) is 5.69 Å². The molecule has 2 aromatic heterocycles. The highest BCUT2D eigenvalue weighted by molar-refractivity contribution is 5.92. The van der Waals surface area contributed by atoms with E-state index in [1.807, 2.05) is 75.4 Å². The number of benzene rings is 3. The van der Waals surface area contributed by atoms with E-state index in [0.717, 1.165) is 27.1 Å². The number of rotatable bonds is 5. The Hall–Kier alpha value is -4.46. The highest BCUT2D eigenvalue weighted by Crippen LogP contribution is 2.28. The predicted octanol–water partition coefficient (Wildman–Crippen LogP) is 4.40. The van der Waals surface area contributed by atoms with Crippen molar-refractivity contribution in [3.05, 3.63) is 93.9 Å². The van der Waals surface area contributed by atoms with E-state index in [1.165, 1.54) is 4.40 Å². The Bertz CT molecular complexity index is 1600. The first kappa shape index (κ1) is 21.4. The van der Waals surface area contributed by atoms with Crippen LogP contribution in [-0.4, -0.2) is 25.1 Å². The summed E-state index contributed by atoms with van der Waals surface area (Å²) in [7, 11) is 0. The summed E-state index contributed by atoms with van der Waals surface area (Å²) in [4.78, 5) is 30.8. The summed E-state index contributed by atoms with van der Waals surface area (Å²) in [6.45, 7) is 5.53. The summed E-state index contributed by atoms with van der Waals surface area (Å²) in [6.07, 6.45) is 0. The van der Waals surface area contributed by atoms with Gasteiger partial charge in [-0.25, -0.2) is 18.9 Å². The van der Waals surface area contributed by atoms with Crippen LogP contribution in [0.3, 0.4) is 0 Å². The Morgan fingerprint density at radius 3 is 2.35 bits per heavy atom. The molecule has 1 N–H and O–H groups in total. The van der Waals surface area contributed by atoms with E-state index in [0.29, 0.717) is 16.8 Å². The monoisotopic (exact) mass is 453 g/mol. The van der Waals surface area contributed by atoms with Gasteiger partial charge in [-0.2, -0.15) is 0 Å². The molecule has 34 heavy (non-hydrogen) atoms. The minimum Gasteiger partial charge on any atom is -0.436 e. The molecule has 8 nitrogen and oxygen atoms in total. The van der Waals surface area contributed by atoms with Crippen molar-refractivity contribution in [2.75, 3.05) is 5.32 Å². The van der Waals surface area contributed by atoms with Crippen molar-refractivity contribution in [1.29, 1.82) is 0 Å². The highest BCUT2D eigenvalue weighted by atomic mass is 16.5. The zero-order valence-corrected chi connectivity index (χ0v) is 19.1. The summed E-state index contributed by atoms with van der Waals surface area (Å²) in [6, 6.07) is 20.6. The zero-order chi connectivity index (χ0) is 23.8. The topological polar surface area (TPSA) is 90.5 Å². The van der Waals surface area contributed by atoms with E-state index in [1.54, 1.807) is 12.1 Å². The largest absolute Gasteiger partial charge is 0.436 e. The lowest BCUT2D eigenvalue weighted by atomic mass is 10.1. The normalized spacial score (nSPS) is 11.1. The van der Waals surface area contributed by atoms with Crippen LogP contribution < -0.4 is 15.7 Å². The Balaban J connectivity index is 1.58. The number of amides is 1. The second kappa shape index (κ2) is 8.47. The number of para-hydroxylation sites is 4. The third-order valence-electron chi connectivity index (χ3n) is 5.71. The average Bonchev–Trinajstić information content (AvgIpc) is 3.14. The van der Waals surface area contributed by atoms with E-state index in [2.05, 4.69) is 15.4 Å². The van der Waals surface area contributed by atoms with Crippen LogP contribution in [0, 0.1) is 20.8 Å². The predicted molar refractivity (Wildman–Crippen MR) is 131 cm³/mol. The molecule has 0 unspecified atom stereocenters. The lowest BCUT2D eigenvalue weighted by Gasteiger charge is -2.11. The van der Waals surface area contributed by atoms with E-state index >= 15 is 0 Å². The minimum absolute atomic E-state index is 0.194. The smallest absolute Gasteiger partial charge is 0.351 e. The van der Waals surface area contributed by atoms with Crippen LogP contribution in [0.1, 0.15) is 16.7 Å². The molecule has 2 heterocycles. The number of carbonyl (C=O) groups is 1. The Kier molecular flexibility index (Phi) is 5.33.